The average molecular weight is 432 g/mol. The topological polar surface area (TPSA) is 55.4 Å². The van der Waals surface area contributed by atoms with E-state index in [1.807, 2.05) is 35.7 Å². The number of aryl methyl sites for hydroxylation is 1. The quantitative estimate of drug-likeness (QED) is 0.351. The lowest BCUT2D eigenvalue weighted by molar-refractivity contribution is -0.137. The number of hydrogen-bond donors (Lipinski definition) is 1. The van der Waals surface area contributed by atoms with Crippen LogP contribution in [-0.4, -0.2) is 14.5 Å². The maximum absolute atomic E-state index is 13.0. The van der Waals surface area contributed by atoms with Crippen molar-refractivity contribution in [2.24, 2.45) is 0 Å². The van der Waals surface area contributed by atoms with Crippen LogP contribution in [0.25, 0.3) is 16.5 Å². The number of halogens is 3. The molecule has 32 heavy (non-hydrogen) atoms. The van der Waals surface area contributed by atoms with Gasteiger partial charge in [0.1, 0.15) is 0 Å². The van der Waals surface area contributed by atoms with E-state index < -0.39 is 11.7 Å². The molecule has 0 saturated heterocycles. The zero-order valence-corrected chi connectivity index (χ0v) is 16.7. The average Bonchev–Trinajstić information content (AvgIpc) is 3.39. The van der Waals surface area contributed by atoms with E-state index in [0.717, 1.165) is 28.8 Å². The lowest BCUT2D eigenvalue weighted by Gasteiger charge is -2.09. The Hall–Kier alpha value is -4.25. The van der Waals surface area contributed by atoms with Gasteiger partial charge in [0.2, 0.25) is 0 Å². The van der Waals surface area contributed by atoms with Crippen molar-refractivity contribution in [2.45, 2.75) is 13.1 Å². The van der Waals surface area contributed by atoms with Gasteiger partial charge in [0.15, 0.2) is 11.4 Å². The molecule has 0 aliphatic carbocycles. The molecule has 158 valence electrons. The largest absolute Gasteiger partial charge is 0.416 e. The first kappa shape index (κ1) is 19.7. The van der Waals surface area contributed by atoms with Gasteiger partial charge in [-0.1, -0.05) is 29.1 Å². The number of aromatic nitrogens is 3. The van der Waals surface area contributed by atoms with Crippen molar-refractivity contribution in [3.05, 3.63) is 89.5 Å². The fourth-order valence-corrected chi connectivity index (χ4v) is 3.39. The van der Waals surface area contributed by atoms with Crippen LogP contribution in [0.1, 0.15) is 22.3 Å². The first-order valence-electron chi connectivity index (χ1n) is 9.65. The summed E-state index contributed by atoms with van der Waals surface area (Å²) in [6, 6.07) is 12.4. The van der Waals surface area contributed by atoms with E-state index in [4.69, 9.17) is 4.52 Å². The second-order valence-corrected chi connectivity index (χ2v) is 7.26. The molecule has 0 atom stereocenters. The highest BCUT2D eigenvalue weighted by Crippen LogP contribution is 2.33. The molecule has 3 heterocycles. The molecule has 0 spiro atoms. The molecule has 5 aromatic rings. The number of nitrogens with one attached hydrogen (secondary N) is 1. The summed E-state index contributed by atoms with van der Waals surface area (Å²) >= 11 is 0. The van der Waals surface area contributed by atoms with Crippen LogP contribution >= 0.6 is 0 Å². The number of anilines is 2. The minimum absolute atomic E-state index is 0.261. The Morgan fingerprint density at radius 2 is 1.94 bits per heavy atom. The lowest BCUT2D eigenvalue weighted by Crippen LogP contribution is -2.05. The number of rotatable bonds is 2. The van der Waals surface area contributed by atoms with Crippen LogP contribution in [0.5, 0.6) is 0 Å². The molecule has 0 bridgehead atoms. The molecule has 0 amide bonds. The summed E-state index contributed by atoms with van der Waals surface area (Å²) < 4.78 is 46.4. The number of hydrogen-bond acceptors (Lipinski definition) is 4. The zero-order valence-electron chi connectivity index (χ0n) is 16.7. The molecule has 0 unspecified atom stereocenters. The van der Waals surface area contributed by atoms with Crippen molar-refractivity contribution < 1.29 is 17.7 Å². The Labute approximate surface area is 180 Å². The van der Waals surface area contributed by atoms with Gasteiger partial charge in [0, 0.05) is 17.4 Å². The van der Waals surface area contributed by atoms with E-state index in [2.05, 4.69) is 27.3 Å². The van der Waals surface area contributed by atoms with E-state index in [1.54, 1.807) is 18.6 Å². The van der Waals surface area contributed by atoms with Gasteiger partial charge >= 0.3 is 6.18 Å². The van der Waals surface area contributed by atoms with E-state index in [-0.39, 0.29) is 5.69 Å². The maximum atomic E-state index is 13.0. The molecule has 5 rings (SSSR count). The van der Waals surface area contributed by atoms with Crippen LogP contribution < -0.4 is 5.32 Å². The van der Waals surface area contributed by atoms with Gasteiger partial charge in [0.05, 0.1) is 34.6 Å². The van der Waals surface area contributed by atoms with Crippen LogP contribution in [0.2, 0.25) is 0 Å². The predicted octanol–water partition coefficient (Wildman–Crippen LogP) is 5.95. The van der Waals surface area contributed by atoms with Gasteiger partial charge in [-0.3, -0.25) is 0 Å². The normalized spacial score (nSPS) is 11.5. The van der Waals surface area contributed by atoms with Crippen molar-refractivity contribution in [3.63, 3.8) is 0 Å². The molecule has 5 nitrogen and oxygen atoms in total. The van der Waals surface area contributed by atoms with Crippen molar-refractivity contribution in [1.82, 2.24) is 14.5 Å². The zero-order chi connectivity index (χ0) is 22.3. The smallest absolute Gasteiger partial charge is 0.353 e. The highest BCUT2D eigenvalue weighted by molar-refractivity contribution is 5.94. The Morgan fingerprint density at radius 1 is 1.06 bits per heavy atom. The van der Waals surface area contributed by atoms with Crippen LogP contribution in [0.3, 0.4) is 0 Å². The molecule has 0 aliphatic heterocycles. The minimum atomic E-state index is -4.43. The molecule has 0 radical (unpaired) electrons. The summed E-state index contributed by atoms with van der Waals surface area (Å²) in [6.45, 7) is 1.91. The van der Waals surface area contributed by atoms with Gasteiger partial charge in [-0.15, -0.1) is 0 Å². The number of nitrogens with zero attached hydrogens (tertiary/aromatic N) is 3. The lowest BCUT2D eigenvalue weighted by atomic mass is 10.1. The Balaban J connectivity index is 1.51. The molecule has 1 N–H and O–H groups in total. The third-order valence-corrected chi connectivity index (χ3v) is 5.04. The highest BCUT2D eigenvalue weighted by Gasteiger charge is 2.30. The Bertz CT molecular complexity index is 1520. The second kappa shape index (κ2) is 7.46. The summed E-state index contributed by atoms with van der Waals surface area (Å²) in [6.07, 6.45) is 0.916. The van der Waals surface area contributed by atoms with Crippen molar-refractivity contribution >= 4 is 28.0 Å². The maximum Gasteiger partial charge on any atom is 0.416 e. The molecule has 0 aliphatic rings. The second-order valence-electron chi connectivity index (χ2n) is 7.26. The number of benzene rings is 2. The van der Waals surface area contributed by atoms with Crippen molar-refractivity contribution in [3.8, 4) is 11.8 Å². The van der Waals surface area contributed by atoms with Gasteiger partial charge in [0.25, 0.3) is 0 Å². The molecule has 3 aromatic heterocycles. The summed E-state index contributed by atoms with van der Waals surface area (Å²) in [5.74, 6) is 6.59. The third kappa shape index (κ3) is 3.65. The minimum Gasteiger partial charge on any atom is -0.353 e. The van der Waals surface area contributed by atoms with E-state index in [1.165, 1.54) is 12.1 Å². The van der Waals surface area contributed by atoms with Gasteiger partial charge in [-0.2, -0.15) is 13.2 Å². The number of fused-ring (bicyclic) bond motifs is 2. The fraction of sp³-hybridized carbons (Fsp3) is 0.0833. The van der Waals surface area contributed by atoms with Gasteiger partial charge < -0.3 is 14.2 Å². The SMILES string of the molecule is Cc1ccc2c(Nc3cccc(C(F)(F)F)c3)noc2c1C#Cc1ccc2cncn2c1. The van der Waals surface area contributed by atoms with Crippen molar-refractivity contribution in [1.29, 1.82) is 0 Å². The molecular weight excluding hydrogens is 417 g/mol. The Kier molecular flexibility index (Phi) is 4.59. The van der Waals surface area contributed by atoms with E-state index in [0.29, 0.717) is 22.4 Å². The number of imidazole rings is 1. The molecule has 2 aromatic carbocycles. The molecule has 0 saturated carbocycles. The van der Waals surface area contributed by atoms with Crippen LogP contribution in [0.4, 0.5) is 24.7 Å². The summed E-state index contributed by atoms with van der Waals surface area (Å²) in [4.78, 5) is 4.09. The van der Waals surface area contributed by atoms with Gasteiger partial charge in [-0.25, -0.2) is 4.98 Å². The van der Waals surface area contributed by atoms with Crippen molar-refractivity contribution in [2.75, 3.05) is 5.32 Å². The summed E-state index contributed by atoms with van der Waals surface area (Å²) in [7, 11) is 0. The first-order chi connectivity index (χ1) is 15.4. The van der Waals surface area contributed by atoms with E-state index >= 15 is 0 Å². The third-order valence-electron chi connectivity index (χ3n) is 5.04. The highest BCUT2D eigenvalue weighted by atomic mass is 19.4. The van der Waals surface area contributed by atoms with Crippen LogP contribution in [0.15, 0.2) is 71.8 Å². The van der Waals surface area contributed by atoms with Crippen LogP contribution in [-0.2, 0) is 6.18 Å². The molecular formula is C24H15F3N4O. The fourth-order valence-electron chi connectivity index (χ4n) is 3.39. The van der Waals surface area contributed by atoms with E-state index in [9.17, 15) is 13.2 Å². The predicted molar refractivity (Wildman–Crippen MR) is 115 cm³/mol. The Morgan fingerprint density at radius 3 is 2.78 bits per heavy atom. The monoisotopic (exact) mass is 432 g/mol. The molecule has 8 heteroatoms. The van der Waals surface area contributed by atoms with Crippen LogP contribution in [0, 0.1) is 18.8 Å². The van der Waals surface area contributed by atoms with Gasteiger partial charge in [-0.05, 0) is 48.9 Å². The first-order valence-corrected chi connectivity index (χ1v) is 9.65. The summed E-state index contributed by atoms with van der Waals surface area (Å²) in [5, 5.41) is 7.57. The number of alkyl halides is 3. The number of pyridine rings is 1. The summed E-state index contributed by atoms with van der Waals surface area (Å²) in [5.41, 5.74) is 3.32. The molecule has 0 fully saturated rings. The standard InChI is InChI=1S/C24H15F3N4O/c1-15-5-9-21-22(20(15)10-7-16-6-8-19-12-28-14-31(19)13-16)32-30-23(21)29-18-4-2-3-17(11-18)24(25,26)27/h2-6,8-9,11-14H,1H3,(H,29,30).